The van der Waals surface area contributed by atoms with Crippen LogP contribution in [0.1, 0.15) is 11.3 Å². The Bertz CT molecular complexity index is 638. The highest BCUT2D eigenvalue weighted by molar-refractivity contribution is 5.56. The summed E-state index contributed by atoms with van der Waals surface area (Å²) in [4.78, 5) is 12.2. The standard InChI is InChI=1S/C14H15N3O3/c15-11-7-10-3-1-2-4-13(10)16(8-11)9-12-5-6-14(20-12)17(18)19/h1-6,11H,7-9,15H2. The van der Waals surface area contributed by atoms with Crippen molar-refractivity contribution in [2.24, 2.45) is 5.73 Å². The minimum atomic E-state index is -0.528. The van der Waals surface area contributed by atoms with Crippen molar-refractivity contribution >= 4 is 11.6 Å². The van der Waals surface area contributed by atoms with Gasteiger partial charge in [0.1, 0.15) is 10.7 Å². The molecule has 1 aliphatic rings. The van der Waals surface area contributed by atoms with Crippen LogP contribution in [0.3, 0.4) is 0 Å². The van der Waals surface area contributed by atoms with Crippen LogP contribution in [-0.4, -0.2) is 17.5 Å². The van der Waals surface area contributed by atoms with E-state index in [4.69, 9.17) is 10.2 Å². The van der Waals surface area contributed by atoms with Crippen molar-refractivity contribution in [2.45, 2.75) is 19.0 Å². The number of nitrogens with zero attached hydrogens (tertiary/aromatic N) is 2. The van der Waals surface area contributed by atoms with Gasteiger partial charge in [0, 0.05) is 18.3 Å². The molecule has 0 spiro atoms. The maximum absolute atomic E-state index is 10.6. The molecule has 20 heavy (non-hydrogen) atoms. The fraction of sp³-hybridized carbons (Fsp3) is 0.286. The van der Waals surface area contributed by atoms with E-state index in [0.717, 1.165) is 12.1 Å². The number of nitrogens with two attached hydrogens (primary N) is 1. The van der Waals surface area contributed by atoms with Gasteiger partial charge in [-0.15, -0.1) is 0 Å². The summed E-state index contributed by atoms with van der Waals surface area (Å²) in [5.41, 5.74) is 8.39. The molecule has 0 aliphatic carbocycles. The van der Waals surface area contributed by atoms with E-state index in [2.05, 4.69) is 11.0 Å². The second kappa shape index (κ2) is 4.97. The molecular formula is C14H15N3O3. The second-order valence-electron chi connectivity index (χ2n) is 4.97. The predicted octanol–water partition coefficient (Wildman–Crippen LogP) is 2.08. The Morgan fingerprint density at radius 1 is 1.35 bits per heavy atom. The molecule has 1 atom stereocenters. The number of benzene rings is 1. The summed E-state index contributed by atoms with van der Waals surface area (Å²) < 4.78 is 5.22. The van der Waals surface area contributed by atoms with E-state index in [1.54, 1.807) is 6.07 Å². The van der Waals surface area contributed by atoms with Crippen LogP contribution >= 0.6 is 0 Å². The Morgan fingerprint density at radius 2 is 2.15 bits per heavy atom. The van der Waals surface area contributed by atoms with Gasteiger partial charge >= 0.3 is 5.88 Å². The van der Waals surface area contributed by atoms with Crippen LogP contribution in [0.25, 0.3) is 0 Å². The molecule has 1 aromatic carbocycles. The number of anilines is 1. The molecule has 0 radical (unpaired) electrons. The summed E-state index contributed by atoms with van der Waals surface area (Å²) in [7, 11) is 0. The van der Waals surface area contributed by atoms with E-state index < -0.39 is 4.92 Å². The quantitative estimate of drug-likeness (QED) is 0.683. The second-order valence-corrected chi connectivity index (χ2v) is 4.97. The van der Waals surface area contributed by atoms with Crippen LogP contribution in [-0.2, 0) is 13.0 Å². The number of nitro groups is 1. The topological polar surface area (TPSA) is 85.5 Å². The predicted molar refractivity (Wildman–Crippen MR) is 74.5 cm³/mol. The molecule has 0 fully saturated rings. The monoisotopic (exact) mass is 273 g/mol. The number of hydrogen-bond acceptors (Lipinski definition) is 5. The summed E-state index contributed by atoms with van der Waals surface area (Å²) in [6.07, 6.45) is 0.852. The van der Waals surface area contributed by atoms with E-state index in [-0.39, 0.29) is 11.9 Å². The first-order valence-corrected chi connectivity index (χ1v) is 6.45. The highest BCUT2D eigenvalue weighted by Gasteiger charge is 2.23. The lowest BCUT2D eigenvalue weighted by atomic mass is 9.98. The van der Waals surface area contributed by atoms with Gasteiger partial charge in [0.15, 0.2) is 0 Å². The molecule has 1 unspecified atom stereocenters. The molecule has 1 aromatic heterocycles. The number of hydrogen-bond donors (Lipinski definition) is 1. The molecule has 0 amide bonds. The van der Waals surface area contributed by atoms with Crippen LogP contribution in [0.2, 0.25) is 0 Å². The van der Waals surface area contributed by atoms with Crippen LogP contribution in [0, 0.1) is 10.1 Å². The third-order valence-electron chi connectivity index (χ3n) is 3.44. The van der Waals surface area contributed by atoms with Crippen LogP contribution in [0.4, 0.5) is 11.6 Å². The average molecular weight is 273 g/mol. The molecule has 3 rings (SSSR count). The Balaban J connectivity index is 1.85. The summed E-state index contributed by atoms with van der Waals surface area (Å²) in [5, 5.41) is 10.6. The largest absolute Gasteiger partial charge is 0.433 e. The minimum absolute atomic E-state index is 0.0647. The van der Waals surface area contributed by atoms with Crippen molar-refractivity contribution in [2.75, 3.05) is 11.4 Å². The normalized spacial score (nSPS) is 17.9. The number of fused-ring (bicyclic) bond motifs is 1. The molecule has 1 aliphatic heterocycles. The molecule has 6 heteroatoms. The lowest BCUT2D eigenvalue weighted by Crippen LogP contribution is -2.42. The maximum atomic E-state index is 10.6. The van der Waals surface area contributed by atoms with Gasteiger partial charge in [-0.3, -0.25) is 10.1 Å². The third-order valence-corrected chi connectivity index (χ3v) is 3.44. The smallest absolute Gasteiger partial charge is 0.404 e. The molecule has 0 bridgehead atoms. The van der Waals surface area contributed by atoms with Gasteiger partial charge in [-0.05, 0) is 24.1 Å². The molecule has 2 aromatic rings. The molecule has 2 heterocycles. The van der Waals surface area contributed by atoms with Crippen molar-refractivity contribution in [3.8, 4) is 0 Å². The van der Waals surface area contributed by atoms with Gasteiger partial charge in [-0.2, -0.15) is 0 Å². The van der Waals surface area contributed by atoms with E-state index in [9.17, 15) is 10.1 Å². The van der Waals surface area contributed by atoms with E-state index in [1.807, 2.05) is 18.2 Å². The summed E-state index contributed by atoms with van der Waals surface area (Å²) in [6.45, 7) is 1.20. The molecule has 6 nitrogen and oxygen atoms in total. The maximum Gasteiger partial charge on any atom is 0.433 e. The fourth-order valence-corrected chi connectivity index (χ4v) is 2.61. The van der Waals surface area contributed by atoms with Crippen molar-refractivity contribution in [3.63, 3.8) is 0 Å². The number of furan rings is 1. The van der Waals surface area contributed by atoms with Crippen molar-refractivity contribution < 1.29 is 9.34 Å². The van der Waals surface area contributed by atoms with E-state index in [0.29, 0.717) is 18.8 Å². The Hall–Kier alpha value is -2.34. The fourth-order valence-electron chi connectivity index (χ4n) is 2.61. The molecular weight excluding hydrogens is 258 g/mol. The Labute approximate surface area is 115 Å². The highest BCUT2D eigenvalue weighted by Crippen LogP contribution is 2.28. The van der Waals surface area contributed by atoms with Crippen molar-refractivity contribution in [1.82, 2.24) is 0 Å². The summed E-state index contributed by atoms with van der Waals surface area (Å²) >= 11 is 0. The van der Waals surface area contributed by atoms with Crippen molar-refractivity contribution in [1.29, 1.82) is 0 Å². The number of para-hydroxylation sites is 1. The molecule has 0 saturated heterocycles. The highest BCUT2D eigenvalue weighted by atomic mass is 16.6. The first kappa shape index (κ1) is 12.7. The lowest BCUT2D eigenvalue weighted by molar-refractivity contribution is -0.402. The third kappa shape index (κ3) is 2.37. The average Bonchev–Trinajstić information content (AvgIpc) is 2.87. The van der Waals surface area contributed by atoms with Gasteiger partial charge in [-0.25, -0.2) is 0 Å². The zero-order valence-corrected chi connectivity index (χ0v) is 10.9. The van der Waals surface area contributed by atoms with Gasteiger partial charge in [0.05, 0.1) is 12.6 Å². The SMILES string of the molecule is NC1Cc2ccccc2N(Cc2ccc([N+](=O)[O-])o2)C1. The van der Waals surface area contributed by atoms with Gasteiger partial charge in [0.25, 0.3) is 0 Å². The van der Waals surface area contributed by atoms with Crippen LogP contribution < -0.4 is 10.6 Å². The minimum Gasteiger partial charge on any atom is -0.404 e. The molecule has 2 N–H and O–H groups in total. The van der Waals surface area contributed by atoms with E-state index in [1.165, 1.54) is 11.6 Å². The van der Waals surface area contributed by atoms with Crippen molar-refractivity contribution in [3.05, 3.63) is 57.8 Å². The first-order valence-electron chi connectivity index (χ1n) is 6.45. The Kier molecular flexibility index (Phi) is 3.15. The lowest BCUT2D eigenvalue weighted by Gasteiger charge is -2.34. The van der Waals surface area contributed by atoms with Gasteiger partial charge in [-0.1, -0.05) is 18.2 Å². The van der Waals surface area contributed by atoms with Gasteiger partial charge in [0.2, 0.25) is 0 Å². The summed E-state index contributed by atoms with van der Waals surface area (Å²) in [5.74, 6) is 0.343. The number of rotatable bonds is 3. The zero-order chi connectivity index (χ0) is 14.1. The Morgan fingerprint density at radius 3 is 2.90 bits per heavy atom. The van der Waals surface area contributed by atoms with Crippen LogP contribution in [0.15, 0.2) is 40.8 Å². The summed E-state index contributed by atoms with van der Waals surface area (Å²) in [6, 6.07) is 11.2. The van der Waals surface area contributed by atoms with E-state index >= 15 is 0 Å². The zero-order valence-electron chi connectivity index (χ0n) is 10.9. The van der Waals surface area contributed by atoms with Crippen LogP contribution in [0.5, 0.6) is 0 Å². The first-order chi connectivity index (χ1) is 9.63. The molecule has 104 valence electrons. The molecule has 0 saturated carbocycles. The van der Waals surface area contributed by atoms with Gasteiger partial charge < -0.3 is 15.1 Å².